The first-order valence-corrected chi connectivity index (χ1v) is 9.64. The summed E-state index contributed by atoms with van der Waals surface area (Å²) in [5, 5.41) is 0. The molecule has 0 aromatic heterocycles. The first kappa shape index (κ1) is 20.0. The van der Waals surface area contributed by atoms with Gasteiger partial charge in [-0.3, -0.25) is 4.74 Å². The molecule has 1 aromatic rings. The summed E-state index contributed by atoms with van der Waals surface area (Å²) < 4.78 is 18.4. The molecule has 1 aromatic carbocycles. The normalized spacial score (nSPS) is 20.1. The Kier molecular flexibility index (Phi) is 8.52. The van der Waals surface area contributed by atoms with Crippen LogP contribution in [0.1, 0.15) is 52.4 Å². The maximum atomic E-state index is 6.19. The fourth-order valence-corrected chi connectivity index (χ4v) is 2.84. The van der Waals surface area contributed by atoms with Crippen LogP contribution in [0.3, 0.4) is 0 Å². The second kappa shape index (κ2) is 10.6. The van der Waals surface area contributed by atoms with E-state index in [0.29, 0.717) is 0 Å². The Labute approximate surface area is 152 Å². The van der Waals surface area contributed by atoms with E-state index in [4.69, 9.17) is 14.2 Å². The molecule has 0 spiro atoms. The third-order valence-corrected chi connectivity index (χ3v) is 4.49. The van der Waals surface area contributed by atoms with Crippen LogP contribution in [0.2, 0.25) is 0 Å². The molecule has 1 aliphatic heterocycles. The van der Waals surface area contributed by atoms with Gasteiger partial charge in [0.2, 0.25) is 0 Å². The van der Waals surface area contributed by atoms with E-state index in [-0.39, 0.29) is 0 Å². The average Bonchev–Trinajstić information content (AvgIpc) is 2.81. The fourth-order valence-electron chi connectivity index (χ4n) is 2.84. The minimum Gasteiger partial charge on any atom is -0.447 e. The summed E-state index contributed by atoms with van der Waals surface area (Å²) in [4.78, 5) is 4.24. The molecule has 0 radical (unpaired) electrons. The molecule has 142 valence electrons. The molecule has 0 amide bonds. The van der Waals surface area contributed by atoms with Gasteiger partial charge in [-0.15, -0.1) is 0 Å². The van der Waals surface area contributed by atoms with E-state index in [1.54, 1.807) is 0 Å². The van der Waals surface area contributed by atoms with Crippen LogP contribution in [-0.2, 0) is 4.74 Å². The maximum Gasteiger partial charge on any atom is 0.266 e. The van der Waals surface area contributed by atoms with E-state index in [0.717, 1.165) is 37.4 Å². The Morgan fingerprint density at radius 1 is 0.760 bits per heavy atom. The maximum absolute atomic E-state index is 6.19. The van der Waals surface area contributed by atoms with Crippen molar-refractivity contribution in [3.63, 3.8) is 0 Å². The Balaban J connectivity index is 2.06. The second-order valence-corrected chi connectivity index (χ2v) is 6.81. The van der Waals surface area contributed by atoms with Crippen molar-refractivity contribution in [2.24, 2.45) is 0 Å². The lowest BCUT2D eigenvalue weighted by Crippen LogP contribution is -2.47. The zero-order chi connectivity index (χ0) is 18.1. The molecule has 5 nitrogen and oxygen atoms in total. The Morgan fingerprint density at radius 2 is 1.20 bits per heavy atom. The molecule has 2 atom stereocenters. The summed E-state index contributed by atoms with van der Waals surface area (Å²) >= 11 is 0. The van der Waals surface area contributed by atoms with E-state index in [1.807, 2.05) is 38.4 Å². The summed E-state index contributed by atoms with van der Waals surface area (Å²) in [6.07, 6.45) is 6.21. The van der Waals surface area contributed by atoms with Crippen LogP contribution in [-0.4, -0.2) is 49.8 Å². The van der Waals surface area contributed by atoms with Gasteiger partial charge in [-0.05, 0) is 39.1 Å². The van der Waals surface area contributed by atoms with Crippen LogP contribution in [0.25, 0.3) is 0 Å². The van der Waals surface area contributed by atoms with E-state index in [9.17, 15) is 0 Å². The molecule has 0 bridgehead atoms. The van der Waals surface area contributed by atoms with Crippen molar-refractivity contribution in [2.75, 3.05) is 27.2 Å². The van der Waals surface area contributed by atoms with E-state index in [2.05, 4.69) is 23.6 Å². The lowest BCUT2D eigenvalue weighted by atomic mass is 10.2. The third kappa shape index (κ3) is 6.17. The van der Waals surface area contributed by atoms with Gasteiger partial charge in [0, 0.05) is 13.1 Å². The molecule has 2 rings (SSSR count). The SMILES string of the molecule is CCCCCN(C)C1Oc2ccccc2OC(N(C)CCCCC)O1. The molecule has 2 unspecified atom stereocenters. The Bertz CT molecular complexity index is 455. The number of rotatable bonds is 10. The molecule has 0 saturated carbocycles. The molecule has 0 N–H and O–H groups in total. The standard InChI is InChI=1S/C20H34N2O3/c1-5-7-11-15-21(3)19-23-17-13-9-10-14-18(17)24-20(25-19)22(4)16-12-8-6-2/h9-10,13-14,19-20H,5-8,11-12,15-16H2,1-4H3. The minimum atomic E-state index is -0.445. The molecule has 0 aliphatic carbocycles. The highest BCUT2D eigenvalue weighted by atomic mass is 16.8. The quantitative estimate of drug-likeness (QED) is 0.588. The van der Waals surface area contributed by atoms with Crippen molar-refractivity contribution in [1.82, 2.24) is 9.80 Å². The van der Waals surface area contributed by atoms with E-state index >= 15 is 0 Å². The van der Waals surface area contributed by atoms with Crippen LogP contribution >= 0.6 is 0 Å². The van der Waals surface area contributed by atoms with Gasteiger partial charge in [-0.1, -0.05) is 51.7 Å². The van der Waals surface area contributed by atoms with E-state index < -0.39 is 12.8 Å². The second-order valence-electron chi connectivity index (χ2n) is 6.81. The number of nitrogens with zero attached hydrogens (tertiary/aromatic N) is 2. The zero-order valence-electron chi connectivity index (χ0n) is 16.2. The van der Waals surface area contributed by atoms with Crippen LogP contribution in [0, 0.1) is 0 Å². The van der Waals surface area contributed by atoms with Gasteiger partial charge in [0.1, 0.15) is 0 Å². The zero-order valence-corrected chi connectivity index (χ0v) is 16.2. The van der Waals surface area contributed by atoms with Crippen molar-refractivity contribution in [3.8, 4) is 11.5 Å². The molecule has 1 heterocycles. The van der Waals surface area contributed by atoms with Gasteiger partial charge in [0.25, 0.3) is 12.8 Å². The smallest absolute Gasteiger partial charge is 0.266 e. The lowest BCUT2D eigenvalue weighted by molar-refractivity contribution is -0.268. The summed E-state index contributed by atoms with van der Waals surface area (Å²) in [7, 11) is 4.09. The van der Waals surface area contributed by atoms with Gasteiger partial charge in [-0.25, -0.2) is 9.80 Å². The summed E-state index contributed by atoms with van der Waals surface area (Å²) in [6.45, 7) is 6.30. The van der Waals surface area contributed by atoms with Gasteiger partial charge >= 0.3 is 0 Å². The Morgan fingerprint density at radius 3 is 1.60 bits per heavy atom. The first-order chi connectivity index (χ1) is 12.2. The molecular weight excluding hydrogens is 316 g/mol. The fraction of sp³-hybridized carbons (Fsp3) is 0.700. The van der Waals surface area contributed by atoms with E-state index in [1.165, 1.54) is 25.7 Å². The highest BCUT2D eigenvalue weighted by Gasteiger charge is 2.30. The topological polar surface area (TPSA) is 34.2 Å². The number of fused-ring (bicyclic) bond motifs is 1. The van der Waals surface area contributed by atoms with Crippen molar-refractivity contribution < 1.29 is 14.2 Å². The highest BCUT2D eigenvalue weighted by Crippen LogP contribution is 2.32. The number of hydrogen-bond acceptors (Lipinski definition) is 5. The lowest BCUT2D eigenvalue weighted by Gasteiger charge is -2.31. The molecule has 25 heavy (non-hydrogen) atoms. The number of hydrogen-bond donors (Lipinski definition) is 0. The average molecular weight is 351 g/mol. The van der Waals surface area contributed by atoms with Crippen LogP contribution in [0.5, 0.6) is 11.5 Å². The molecule has 5 heteroatoms. The molecule has 0 fully saturated rings. The molecular formula is C20H34N2O3. The van der Waals surface area contributed by atoms with Crippen LogP contribution < -0.4 is 9.47 Å². The van der Waals surface area contributed by atoms with Gasteiger partial charge in [0.05, 0.1) is 0 Å². The largest absolute Gasteiger partial charge is 0.447 e. The number of para-hydroxylation sites is 2. The number of benzene rings is 1. The van der Waals surface area contributed by atoms with Gasteiger partial charge in [0.15, 0.2) is 11.5 Å². The highest BCUT2D eigenvalue weighted by molar-refractivity contribution is 5.39. The Hall–Kier alpha value is -1.30. The number of unbranched alkanes of at least 4 members (excludes halogenated alkanes) is 4. The monoisotopic (exact) mass is 350 g/mol. The predicted octanol–water partition coefficient (Wildman–Crippen LogP) is 4.29. The van der Waals surface area contributed by atoms with Crippen molar-refractivity contribution in [1.29, 1.82) is 0 Å². The van der Waals surface area contributed by atoms with Crippen LogP contribution in [0.4, 0.5) is 0 Å². The molecule has 0 saturated heterocycles. The summed E-state index contributed by atoms with van der Waals surface area (Å²) in [5.74, 6) is 1.47. The number of ether oxygens (including phenoxy) is 3. The van der Waals surface area contributed by atoms with Crippen LogP contribution in [0.15, 0.2) is 24.3 Å². The minimum absolute atomic E-state index is 0.445. The summed E-state index contributed by atoms with van der Waals surface area (Å²) in [5.41, 5.74) is 0. The third-order valence-electron chi connectivity index (χ3n) is 4.49. The summed E-state index contributed by atoms with van der Waals surface area (Å²) in [6, 6.07) is 7.79. The predicted molar refractivity (Wildman–Crippen MR) is 101 cm³/mol. The first-order valence-electron chi connectivity index (χ1n) is 9.64. The molecule has 1 aliphatic rings. The van der Waals surface area contributed by atoms with Crippen molar-refractivity contribution in [2.45, 2.75) is 65.2 Å². The van der Waals surface area contributed by atoms with Gasteiger partial charge in [-0.2, -0.15) is 0 Å². The van der Waals surface area contributed by atoms with Gasteiger partial charge < -0.3 is 9.47 Å². The van der Waals surface area contributed by atoms with Crippen molar-refractivity contribution in [3.05, 3.63) is 24.3 Å². The van der Waals surface area contributed by atoms with Crippen molar-refractivity contribution >= 4 is 0 Å².